The number of nitrogens with zero attached hydrogens (tertiary/aromatic N) is 1. The molecule has 12 heavy (non-hydrogen) atoms. The minimum Gasteiger partial charge on any atom is -0.425 e. The Hall–Kier alpha value is -1.42. The molecule has 4 nitrogen and oxygen atoms in total. The number of esters is 1. The van der Waals surface area contributed by atoms with Crippen LogP contribution in [0.2, 0.25) is 0 Å². The molecule has 1 unspecified atom stereocenters. The summed E-state index contributed by atoms with van der Waals surface area (Å²) in [5.41, 5.74) is 0. The van der Waals surface area contributed by atoms with Gasteiger partial charge in [0.15, 0.2) is 0 Å². The van der Waals surface area contributed by atoms with Crippen molar-refractivity contribution in [3.05, 3.63) is 24.5 Å². The Morgan fingerprint density at radius 2 is 2.17 bits per heavy atom. The molecule has 0 saturated heterocycles. The van der Waals surface area contributed by atoms with Crippen molar-refractivity contribution in [1.29, 1.82) is 0 Å². The van der Waals surface area contributed by atoms with Crippen molar-refractivity contribution in [2.75, 3.05) is 0 Å². The monoisotopic (exact) mass is 167 g/mol. The molecule has 0 aromatic carbocycles. The van der Waals surface area contributed by atoms with E-state index in [1.165, 1.54) is 19.3 Å². The van der Waals surface area contributed by atoms with Crippen molar-refractivity contribution >= 4 is 5.97 Å². The van der Waals surface area contributed by atoms with E-state index >= 15 is 0 Å². The van der Waals surface area contributed by atoms with E-state index in [1.54, 1.807) is 12.1 Å². The highest BCUT2D eigenvalue weighted by atomic mass is 16.5. The van der Waals surface area contributed by atoms with Crippen LogP contribution < -0.4 is 4.74 Å². The van der Waals surface area contributed by atoms with E-state index in [0.717, 1.165) is 0 Å². The molecule has 1 aromatic rings. The van der Waals surface area contributed by atoms with Gasteiger partial charge in [-0.3, -0.25) is 4.98 Å². The summed E-state index contributed by atoms with van der Waals surface area (Å²) in [5, 5.41) is 8.79. The van der Waals surface area contributed by atoms with Gasteiger partial charge in [0.1, 0.15) is 11.9 Å². The molecule has 64 valence electrons. The molecule has 0 saturated carbocycles. The Kier molecular flexibility index (Phi) is 2.76. The molecule has 1 heterocycles. The second kappa shape index (κ2) is 3.82. The van der Waals surface area contributed by atoms with Crippen molar-refractivity contribution in [1.82, 2.24) is 4.98 Å². The summed E-state index contributed by atoms with van der Waals surface area (Å²) in [6.07, 6.45) is 1.91. The molecule has 1 rings (SSSR count). The number of ether oxygens (including phenoxy) is 1. The zero-order valence-electron chi connectivity index (χ0n) is 6.60. The maximum Gasteiger partial charge on any atom is 0.340 e. The fourth-order valence-corrected chi connectivity index (χ4v) is 0.608. The van der Waals surface area contributed by atoms with E-state index in [2.05, 4.69) is 4.98 Å². The summed E-state index contributed by atoms with van der Waals surface area (Å²) in [6, 6.07) is 3.08. The first kappa shape index (κ1) is 8.67. The van der Waals surface area contributed by atoms with Crippen molar-refractivity contribution in [3.63, 3.8) is 0 Å². The summed E-state index contributed by atoms with van der Waals surface area (Å²) in [6.45, 7) is 1.35. The van der Waals surface area contributed by atoms with Gasteiger partial charge in [0.25, 0.3) is 0 Å². The Bertz CT molecular complexity index is 258. The number of pyridine rings is 1. The molecule has 0 fully saturated rings. The van der Waals surface area contributed by atoms with E-state index in [4.69, 9.17) is 9.84 Å². The highest BCUT2D eigenvalue weighted by Gasteiger charge is 2.10. The first-order valence-electron chi connectivity index (χ1n) is 3.50. The van der Waals surface area contributed by atoms with Crippen LogP contribution in [-0.4, -0.2) is 22.2 Å². The van der Waals surface area contributed by atoms with Crippen LogP contribution in [0.25, 0.3) is 0 Å². The van der Waals surface area contributed by atoms with E-state index in [-0.39, 0.29) is 0 Å². The molecule has 1 N–H and O–H groups in total. The van der Waals surface area contributed by atoms with Gasteiger partial charge in [-0.2, -0.15) is 0 Å². The molecule has 0 aliphatic heterocycles. The highest BCUT2D eigenvalue weighted by Crippen LogP contribution is 2.07. The Morgan fingerprint density at radius 3 is 2.67 bits per heavy atom. The van der Waals surface area contributed by atoms with Gasteiger partial charge in [-0.15, -0.1) is 0 Å². The van der Waals surface area contributed by atoms with Gasteiger partial charge in [-0.25, -0.2) is 4.79 Å². The third kappa shape index (κ3) is 2.32. The van der Waals surface area contributed by atoms with Crippen LogP contribution in [0, 0.1) is 0 Å². The lowest BCUT2D eigenvalue weighted by Gasteiger charge is -2.04. The summed E-state index contributed by atoms with van der Waals surface area (Å²) >= 11 is 0. The first-order valence-corrected chi connectivity index (χ1v) is 3.50. The van der Waals surface area contributed by atoms with Crippen molar-refractivity contribution in [2.45, 2.75) is 13.0 Å². The molecule has 4 heteroatoms. The molecular formula is C8H9NO3. The summed E-state index contributed by atoms with van der Waals surface area (Å²) in [4.78, 5) is 14.6. The predicted molar refractivity (Wildman–Crippen MR) is 41.6 cm³/mol. The average Bonchev–Trinajstić information content (AvgIpc) is 2.06. The topological polar surface area (TPSA) is 59.4 Å². The van der Waals surface area contributed by atoms with Crippen LogP contribution in [0.15, 0.2) is 24.5 Å². The molecule has 0 aliphatic rings. The maximum absolute atomic E-state index is 10.8. The van der Waals surface area contributed by atoms with Gasteiger partial charge in [0.05, 0.1) is 0 Å². The van der Waals surface area contributed by atoms with Gasteiger partial charge >= 0.3 is 5.97 Å². The van der Waals surface area contributed by atoms with Crippen molar-refractivity contribution in [3.8, 4) is 5.75 Å². The van der Waals surface area contributed by atoms with Gasteiger partial charge in [0.2, 0.25) is 0 Å². The van der Waals surface area contributed by atoms with E-state index in [0.29, 0.717) is 5.75 Å². The molecule has 0 bridgehead atoms. The lowest BCUT2D eigenvalue weighted by Crippen LogP contribution is -2.21. The number of carbonyl (C=O) groups is 1. The lowest BCUT2D eigenvalue weighted by atomic mass is 10.4. The molecule has 0 aliphatic carbocycles. The SMILES string of the molecule is CC(O)C(=O)Oc1ccncc1. The highest BCUT2D eigenvalue weighted by molar-refractivity contribution is 5.76. The van der Waals surface area contributed by atoms with Crippen LogP contribution in [0.3, 0.4) is 0 Å². The molecule has 0 amide bonds. The smallest absolute Gasteiger partial charge is 0.340 e. The Labute approximate surface area is 69.8 Å². The number of hydrogen-bond acceptors (Lipinski definition) is 4. The average molecular weight is 167 g/mol. The lowest BCUT2D eigenvalue weighted by molar-refractivity contribution is -0.142. The zero-order valence-corrected chi connectivity index (χ0v) is 6.60. The van der Waals surface area contributed by atoms with Gasteiger partial charge < -0.3 is 9.84 Å². The number of aliphatic hydroxyl groups is 1. The van der Waals surface area contributed by atoms with Crippen molar-refractivity contribution < 1.29 is 14.6 Å². The van der Waals surface area contributed by atoms with Crippen LogP contribution in [0.5, 0.6) is 5.75 Å². The van der Waals surface area contributed by atoms with Gasteiger partial charge in [-0.05, 0) is 19.1 Å². The van der Waals surface area contributed by atoms with E-state index in [9.17, 15) is 4.79 Å². The van der Waals surface area contributed by atoms with Crippen LogP contribution in [0.4, 0.5) is 0 Å². The van der Waals surface area contributed by atoms with E-state index < -0.39 is 12.1 Å². The quantitative estimate of drug-likeness (QED) is 0.646. The largest absolute Gasteiger partial charge is 0.425 e. The second-order valence-corrected chi connectivity index (χ2v) is 2.28. The minimum absolute atomic E-state index is 0.385. The van der Waals surface area contributed by atoms with Crippen LogP contribution in [0.1, 0.15) is 6.92 Å². The molecule has 1 atom stereocenters. The fourth-order valence-electron chi connectivity index (χ4n) is 0.608. The first-order chi connectivity index (χ1) is 5.70. The maximum atomic E-state index is 10.8. The third-order valence-electron chi connectivity index (χ3n) is 1.21. The number of carbonyl (C=O) groups excluding carboxylic acids is 1. The summed E-state index contributed by atoms with van der Waals surface area (Å²) in [5.74, 6) is -0.280. The summed E-state index contributed by atoms with van der Waals surface area (Å²) in [7, 11) is 0. The Morgan fingerprint density at radius 1 is 1.58 bits per heavy atom. The molecule has 0 radical (unpaired) electrons. The third-order valence-corrected chi connectivity index (χ3v) is 1.21. The predicted octanol–water partition coefficient (Wildman–Crippen LogP) is 0.368. The number of aromatic nitrogens is 1. The van der Waals surface area contributed by atoms with E-state index in [1.807, 2.05) is 0 Å². The van der Waals surface area contributed by atoms with Crippen LogP contribution >= 0.6 is 0 Å². The Balaban J connectivity index is 2.59. The zero-order chi connectivity index (χ0) is 8.97. The van der Waals surface area contributed by atoms with Crippen molar-refractivity contribution in [2.24, 2.45) is 0 Å². The standard InChI is InChI=1S/C8H9NO3/c1-6(10)8(11)12-7-2-4-9-5-3-7/h2-6,10H,1H3. The normalized spacial score (nSPS) is 12.2. The minimum atomic E-state index is -1.10. The van der Waals surface area contributed by atoms with Gasteiger partial charge in [-0.1, -0.05) is 0 Å². The molecule has 1 aromatic heterocycles. The van der Waals surface area contributed by atoms with Crippen LogP contribution in [-0.2, 0) is 4.79 Å². The molecule has 0 spiro atoms. The van der Waals surface area contributed by atoms with Gasteiger partial charge in [0, 0.05) is 12.4 Å². The summed E-state index contributed by atoms with van der Waals surface area (Å²) < 4.78 is 4.75. The number of hydrogen-bond donors (Lipinski definition) is 1. The second-order valence-electron chi connectivity index (χ2n) is 2.28. The number of aliphatic hydroxyl groups excluding tert-OH is 1. The molecular weight excluding hydrogens is 158 g/mol. The fraction of sp³-hybridized carbons (Fsp3) is 0.250. The number of rotatable bonds is 2.